The van der Waals surface area contributed by atoms with Crippen molar-refractivity contribution in [3.8, 4) is 0 Å². The summed E-state index contributed by atoms with van der Waals surface area (Å²) in [6.07, 6.45) is 7.19. The van der Waals surface area contributed by atoms with Gasteiger partial charge >= 0.3 is 0 Å². The molecule has 2 aliphatic rings. The molecule has 0 saturated carbocycles. The van der Waals surface area contributed by atoms with Gasteiger partial charge in [0.25, 0.3) is 0 Å². The van der Waals surface area contributed by atoms with Crippen LogP contribution in [0.25, 0.3) is 0 Å². The average molecular weight is 153 g/mol. The molecule has 2 aliphatic heterocycles. The third-order valence-corrected chi connectivity index (χ3v) is 2.46. The SMILES string of the molecule is C1=C(N2CCCCC2)CCO1. The number of hydrogen-bond donors (Lipinski definition) is 0. The van der Waals surface area contributed by atoms with Gasteiger partial charge in [-0.3, -0.25) is 0 Å². The maximum atomic E-state index is 5.21. The minimum absolute atomic E-state index is 0.895. The molecular formula is C9H15NO. The largest absolute Gasteiger partial charge is 0.499 e. The number of likely N-dealkylation sites (tertiary alicyclic amines) is 1. The van der Waals surface area contributed by atoms with E-state index < -0.39 is 0 Å². The van der Waals surface area contributed by atoms with Crippen molar-refractivity contribution in [2.75, 3.05) is 19.7 Å². The summed E-state index contributed by atoms with van der Waals surface area (Å²) in [5.41, 5.74) is 1.42. The number of ether oxygens (including phenoxy) is 1. The Labute approximate surface area is 67.8 Å². The molecule has 1 saturated heterocycles. The van der Waals surface area contributed by atoms with Crippen molar-refractivity contribution in [3.05, 3.63) is 12.0 Å². The van der Waals surface area contributed by atoms with Crippen LogP contribution in [0.3, 0.4) is 0 Å². The molecule has 2 nitrogen and oxygen atoms in total. The topological polar surface area (TPSA) is 12.5 Å². The quantitative estimate of drug-likeness (QED) is 0.569. The van der Waals surface area contributed by atoms with Gasteiger partial charge in [0, 0.05) is 19.5 Å². The fraction of sp³-hybridized carbons (Fsp3) is 0.778. The highest BCUT2D eigenvalue weighted by Gasteiger charge is 2.15. The van der Waals surface area contributed by atoms with Crippen LogP contribution in [0.2, 0.25) is 0 Å². The lowest BCUT2D eigenvalue weighted by Crippen LogP contribution is -2.28. The van der Waals surface area contributed by atoms with E-state index in [1.165, 1.54) is 38.0 Å². The molecule has 2 heteroatoms. The monoisotopic (exact) mass is 153 g/mol. The summed E-state index contributed by atoms with van der Waals surface area (Å²) in [5.74, 6) is 0. The van der Waals surface area contributed by atoms with Crippen molar-refractivity contribution in [1.29, 1.82) is 0 Å². The summed E-state index contributed by atoms with van der Waals surface area (Å²) < 4.78 is 5.21. The number of hydrogen-bond acceptors (Lipinski definition) is 2. The molecule has 0 unspecified atom stereocenters. The van der Waals surface area contributed by atoms with Crippen LogP contribution in [0, 0.1) is 0 Å². The summed E-state index contributed by atoms with van der Waals surface area (Å²) >= 11 is 0. The van der Waals surface area contributed by atoms with Gasteiger partial charge in [-0.15, -0.1) is 0 Å². The summed E-state index contributed by atoms with van der Waals surface area (Å²) in [4.78, 5) is 2.47. The van der Waals surface area contributed by atoms with E-state index in [1.54, 1.807) is 0 Å². The summed E-state index contributed by atoms with van der Waals surface area (Å²) in [6, 6.07) is 0. The Kier molecular flexibility index (Phi) is 2.01. The standard InChI is InChI=1S/C9H15NO/c1-2-5-10(6-3-1)9-4-7-11-8-9/h8H,1-7H2. The van der Waals surface area contributed by atoms with Crippen molar-refractivity contribution in [3.63, 3.8) is 0 Å². The molecule has 0 atom stereocenters. The first-order valence-corrected chi connectivity index (χ1v) is 4.52. The predicted molar refractivity (Wildman–Crippen MR) is 44.1 cm³/mol. The third-order valence-electron chi connectivity index (χ3n) is 2.46. The van der Waals surface area contributed by atoms with Crippen LogP contribution in [-0.4, -0.2) is 24.6 Å². The minimum Gasteiger partial charge on any atom is -0.499 e. The van der Waals surface area contributed by atoms with E-state index in [0.717, 1.165) is 13.0 Å². The summed E-state index contributed by atoms with van der Waals surface area (Å²) in [6.45, 7) is 3.39. The van der Waals surface area contributed by atoms with Crippen LogP contribution in [0.1, 0.15) is 25.7 Å². The van der Waals surface area contributed by atoms with E-state index in [0.29, 0.717) is 0 Å². The van der Waals surface area contributed by atoms with Gasteiger partial charge in [0.05, 0.1) is 12.3 Å². The molecule has 0 aromatic rings. The molecule has 0 radical (unpaired) electrons. The number of piperidine rings is 1. The fourth-order valence-corrected chi connectivity index (χ4v) is 1.79. The Morgan fingerprint density at radius 3 is 2.64 bits per heavy atom. The Morgan fingerprint density at radius 2 is 2.00 bits per heavy atom. The van der Waals surface area contributed by atoms with Crippen LogP contribution in [-0.2, 0) is 4.74 Å². The molecule has 2 heterocycles. The van der Waals surface area contributed by atoms with Gasteiger partial charge in [-0.05, 0) is 19.3 Å². The van der Waals surface area contributed by atoms with E-state index in [2.05, 4.69) is 4.90 Å². The Bertz CT molecular complexity index is 159. The van der Waals surface area contributed by atoms with Gasteiger partial charge in [-0.1, -0.05) is 0 Å². The number of nitrogens with zero attached hydrogens (tertiary/aromatic N) is 1. The molecular weight excluding hydrogens is 138 g/mol. The highest BCUT2D eigenvalue weighted by atomic mass is 16.5. The minimum atomic E-state index is 0.895. The van der Waals surface area contributed by atoms with Crippen molar-refractivity contribution in [2.24, 2.45) is 0 Å². The summed E-state index contributed by atoms with van der Waals surface area (Å²) in [5, 5.41) is 0. The molecule has 2 rings (SSSR count). The van der Waals surface area contributed by atoms with Gasteiger partial charge in [-0.2, -0.15) is 0 Å². The zero-order chi connectivity index (χ0) is 7.52. The normalized spacial score (nSPS) is 24.7. The van der Waals surface area contributed by atoms with Gasteiger partial charge < -0.3 is 9.64 Å². The van der Waals surface area contributed by atoms with Gasteiger partial charge in [0.1, 0.15) is 6.26 Å². The first-order valence-electron chi connectivity index (χ1n) is 4.52. The second-order valence-corrected chi connectivity index (χ2v) is 3.28. The first-order chi connectivity index (χ1) is 5.47. The van der Waals surface area contributed by atoms with Crippen molar-refractivity contribution in [1.82, 2.24) is 4.90 Å². The lowest BCUT2D eigenvalue weighted by molar-refractivity contribution is 0.280. The molecule has 0 N–H and O–H groups in total. The van der Waals surface area contributed by atoms with Crippen LogP contribution < -0.4 is 0 Å². The fourth-order valence-electron chi connectivity index (χ4n) is 1.79. The second-order valence-electron chi connectivity index (χ2n) is 3.28. The van der Waals surface area contributed by atoms with Gasteiger partial charge in [0.15, 0.2) is 0 Å². The van der Waals surface area contributed by atoms with Crippen molar-refractivity contribution in [2.45, 2.75) is 25.7 Å². The molecule has 0 spiro atoms. The average Bonchev–Trinajstić information content (AvgIpc) is 2.58. The molecule has 11 heavy (non-hydrogen) atoms. The maximum Gasteiger partial charge on any atom is 0.102 e. The van der Waals surface area contributed by atoms with Gasteiger partial charge in [0.2, 0.25) is 0 Å². The molecule has 62 valence electrons. The van der Waals surface area contributed by atoms with Crippen molar-refractivity contribution < 1.29 is 4.74 Å². The highest BCUT2D eigenvalue weighted by molar-refractivity contribution is 5.02. The van der Waals surface area contributed by atoms with Crippen molar-refractivity contribution >= 4 is 0 Å². The van der Waals surface area contributed by atoms with E-state index in [4.69, 9.17) is 4.74 Å². The Hall–Kier alpha value is -0.660. The highest BCUT2D eigenvalue weighted by Crippen LogP contribution is 2.20. The van der Waals surface area contributed by atoms with E-state index in [-0.39, 0.29) is 0 Å². The zero-order valence-electron chi connectivity index (χ0n) is 6.88. The van der Waals surface area contributed by atoms with E-state index in [1.807, 2.05) is 6.26 Å². The zero-order valence-corrected chi connectivity index (χ0v) is 6.88. The van der Waals surface area contributed by atoms with E-state index in [9.17, 15) is 0 Å². The van der Waals surface area contributed by atoms with Crippen LogP contribution in [0.15, 0.2) is 12.0 Å². The molecule has 0 aromatic carbocycles. The van der Waals surface area contributed by atoms with E-state index >= 15 is 0 Å². The van der Waals surface area contributed by atoms with Crippen LogP contribution in [0.4, 0.5) is 0 Å². The Morgan fingerprint density at radius 1 is 1.18 bits per heavy atom. The molecule has 0 aromatic heterocycles. The molecule has 0 aliphatic carbocycles. The number of rotatable bonds is 1. The predicted octanol–water partition coefficient (Wildman–Crippen LogP) is 1.73. The lowest BCUT2D eigenvalue weighted by Gasteiger charge is -2.28. The molecule has 0 amide bonds. The van der Waals surface area contributed by atoms with Crippen LogP contribution >= 0.6 is 0 Å². The van der Waals surface area contributed by atoms with Gasteiger partial charge in [-0.25, -0.2) is 0 Å². The second kappa shape index (κ2) is 3.16. The van der Waals surface area contributed by atoms with Crippen LogP contribution in [0.5, 0.6) is 0 Å². The molecule has 0 bridgehead atoms. The lowest BCUT2D eigenvalue weighted by atomic mass is 10.1. The summed E-state index contributed by atoms with van der Waals surface area (Å²) in [7, 11) is 0. The smallest absolute Gasteiger partial charge is 0.102 e. The maximum absolute atomic E-state index is 5.21. The third kappa shape index (κ3) is 1.50. The molecule has 1 fully saturated rings. The Balaban J connectivity index is 1.92. The first kappa shape index (κ1) is 7.01.